The van der Waals surface area contributed by atoms with Gasteiger partial charge in [-0.3, -0.25) is 9.59 Å². The molecule has 0 aliphatic carbocycles. The molecule has 54 heavy (non-hydrogen) atoms. The molecule has 0 radical (unpaired) electrons. The molecule has 1 amide bonds. The summed E-state index contributed by atoms with van der Waals surface area (Å²) >= 11 is 0. The van der Waals surface area contributed by atoms with Crippen molar-refractivity contribution >= 4 is 11.9 Å². The molecule has 3 N–H and O–H groups in total. The third-order valence-corrected chi connectivity index (χ3v) is 11.1. The van der Waals surface area contributed by atoms with Crippen LogP contribution in [-0.2, 0) is 14.3 Å². The molecule has 0 heterocycles. The van der Waals surface area contributed by atoms with Crippen molar-refractivity contribution in [3.05, 3.63) is 12.2 Å². The topological polar surface area (TPSA) is 95.9 Å². The van der Waals surface area contributed by atoms with E-state index in [9.17, 15) is 19.8 Å². The Balaban J connectivity index is 3.54. The van der Waals surface area contributed by atoms with Crippen LogP contribution >= 0.6 is 0 Å². The Bertz CT molecular complexity index is 802. The van der Waals surface area contributed by atoms with Crippen molar-refractivity contribution in [1.29, 1.82) is 0 Å². The highest BCUT2D eigenvalue weighted by atomic mass is 16.5. The second-order valence-electron chi connectivity index (χ2n) is 16.4. The van der Waals surface area contributed by atoms with Gasteiger partial charge in [-0.05, 0) is 51.4 Å². The number of amides is 1. The number of allylic oxidation sites excluding steroid dienone is 2. The fourth-order valence-electron chi connectivity index (χ4n) is 7.34. The van der Waals surface area contributed by atoms with Crippen molar-refractivity contribution in [2.24, 2.45) is 0 Å². The maximum Gasteiger partial charge on any atom is 0.305 e. The highest BCUT2D eigenvalue weighted by Gasteiger charge is 2.20. The Morgan fingerprint density at radius 2 is 0.870 bits per heavy atom. The number of ether oxygens (including phenoxy) is 1. The van der Waals surface area contributed by atoms with Gasteiger partial charge in [0.05, 0.1) is 25.4 Å². The highest BCUT2D eigenvalue weighted by Crippen LogP contribution is 2.16. The number of esters is 1. The first-order valence-corrected chi connectivity index (χ1v) is 23.9. The smallest absolute Gasteiger partial charge is 0.305 e. The summed E-state index contributed by atoms with van der Waals surface area (Å²) < 4.78 is 5.42. The third kappa shape index (κ3) is 40.3. The molecule has 0 aromatic rings. The quantitative estimate of drug-likeness (QED) is 0.0326. The molecule has 0 aliphatic rings. The Morgan fingerprint density at radius 3 is 1.31 bits per heavy atom. The summed E-state index contributed by atoms with van der Waals surface area (Å²) in [7, 11) is 0. The molecular formula is C48H93NO5. The lowest BCUT2D eigenvalue weighted by atomic mass is 10.0. The van der Waals surface area contributed by atoms with E-state index in [4.69, 9.17) is 4.74 Å². The molecule has 6 heteroatoms. The van der Waals surface area contributed by atoms with Crippen LogP contribution in [-0.4, -0.2) is 47.4 Å². The van der Waals surface area contributed by atoms with Crippen LogP contribution in [0, 0.1) is 0 Å². The molecule has 0 spiro atoms. The summed E-state index contributed by atoms with van der Waals surface area (Å²) in [6.45, 7) is 4.86. The van der Waals surface area contributed by atoms with E-state index in [-0.39, 0.29) is 18.5 Å². The molecule has 0 aromatic heterocycles. The number of hydrogen-bond acceptors (Lipinski definition) is 5. The van der Waals surface area contributed by atoms with E-state index >= 15 is 0 Å². The van der Waals surface area contributed by atoms with Crippen LogP contribution in [0.5, 0.6) is 0 Å². The van der Waals surface area contributed by atoms with Crippen LogP contribution in [0.1, 0.15) is 258 Å². The largest absolute Gasteiger partial charge is 0.466 e. The number of aliphatic hydroxyl groups is 2. The normalized spacial score (nSPS) is 12.7. The van der Waals surface area contributed by atoms with Gasteiger partial charge in [0.1, 0.15) is 0 Å². The SMILES string of the molecule is CCCCCCCCCCCCCCCCCC(O)C(CO)NC(=O)CCCCCC/C=C\CCCCOC(=O)CCCCCCCCCCCCCC. The van der Waals surface area contributed by atoms with Crippen LogP contribution in [0.25, 0.3) is 0 Å². The number of unbranched alkanes of at least 4 members (excludes halogenated alkanes) is 31. The zero-order chi connectivity index (χ0) is 39.4. The van der Waals surface area contributed by atoms with Crippen molar-refractivity contribution in [3.63, 3.8) is 0 Å². The first kappa shape index (κ1) is 52.6. The van der Waals surface area contributed by atoms with E-state index in [1.54, 1.807) is 0 Å². The average molecular weight is 764 g/mol. The van der Waals surface area contributed by atoms with Gasteiger partial charge in [0.25, 0.3) is 0 Å². The fraction of sp³-hybridized carbons (Fsp3) is 0.917. The number of hydrogen-bond donors (Lipinski definition) is 3. The lowest BCUT2D eigenvalue weighted by molar-refractivity contribution is -0.143. The monoisotopic (exact) mass is 764 g/mol. The Hall–Kier alpha value is -1.40. The standard InChI is InChI=1S/C48H93NO5/c1-3-5-7-9-11-13-15-17-18-19-20-24-28-32-36-40-46(51)45(44-50)49-47(52)41-37-33-29-25-22-23-27-31-35-39-43-54-48(53)42-38-34-30-26-21-16-14-12-10-8-6-4-2/h23,27,45-46,50-51H,3-22,24-26,28-44H2,1-2H3,(H,49,52)/b27-23-. The average Bonchev–Trinajstić information content (AvgIpc) is 3.17. The Morgan fingerprint density at radius 1 is 0.500 bits per heavy atom. The van der Waals surface area contributed by atoms with E-state index in [1.165, 1.54) is 148 Å². The van der Waals surface area contributed by atoms with Crippen molar-refractivity contribution in [2.75, 3.05) is 13.2 Å². The van der Waals surface area contributed by atoms with Crippen LogP contribution in [0.4, 0.5) is 0 Å². The molecule has 2 unspecified atom stereocenters. The Kier molecular flexibility index (Phi) is 43.2. The van der Waals surface area contributed by atoms with Crippen LogP contribution in [0.15, 0.2) is 12.2 Å². The summed E-state index contributed by atoms with van der Waals surface area (Å²) in [6.07, 6.45) is 48.9. The van der Waals surface area contributed by atoms with Crippen LogP contribution in [0.2, 0.25) is 0 Å². The zero-order valence-corrected chi connectivity index (χ0v) is 36.2. The molecule has 0 saturated carbocycles. The summed E-state index contributed by atoms with van der Waals surface area (Å²) in [5, 5.41) is 23.2. The van der Waals surface area contributed by atoms with Gasteiger partial charge in [0.15, 0.2) is 0 Å². The van der Waals surface area contributed by atoms with Gasteiger partial charge in [0, 0.05) is 12.8 Å². The molecule has 2 atom stereocenters. The van der Waals surface area contributed by atoms with Crippen LogP contribution < -0.4 is 5.32 Å². The number of nitrogens with one attached hydrogen (secondary N) is 1. The number of carbonyl (C=O) groups is 2. The number of aliphatic hydroxyl groups excluding tert-OH is 2. The maximum absolute atomic E-state index is 12.4. The van der Waals surface area contributed by atoms with Gasteiger partial charge in [0.2, 0.25) is 5.91 Å². The predicted molar refractivity (Wildman–Crippen MR) is 232 cm³/mol. The lowest BCUT2D eigenvalue weighted by Crippen LogP contribution is -2.45. The van der Waals surface area contributed by atoms with Crippen molar-refractivity contribution in [3.8, 4) is 0 Å². The fourth-order valence-corrected chi connectivity index (χ4v) is 7.34. The zero-order valence-electron chi connectivity index (χ0n) is 36.2. The summed E-state index contributed by atoms with van der Waals surface area (Å²) in [4.78, 5) is 24.4. The highest BCUT2D eigenvalue weighted by molar-refractivity contribution is 5.76. The molecule has 0 aromatic carbocycles. The second-order valence-corrected chi connectivity index (χ2v) is 16.4. The molecule has 0 aliphatic heterocycles. The van der Waals surface area contributed by atoms with E-state index in [0.717, 1.165) is 77.0 Å². The third-order valence-electron chi connectivity index (χ3n) is 11.1. The van der Waals surface area contributed by atoms with Gasteiger partial charge in [-0.25, -0.2) is 0 Å². The van der Waals surface area contributed by atoms with E-state index in [2.05, 4.69) is 31.3 Å². The molecule has 0 fully saturated rings. The number of rotatable bonds is 44. The Labute approximate surface area is 336 Å². The van der Waals surface area contributed by atoms with Gasteiger partial charge in [-0.2, -0.15) is 0 Å². The second kappa shape index (κ2) is 44.3. The number of carbonyl (C=O) groups excluding carboxylic acids is 2. The molecule has 0 saturated heterocycles. The minimum absolute atomic E-state index is 0.0357. The minimum atomic E-state index is -0.684. The predicted octanol–water partition coefficient (Wildman–Crippen LogP) is 13.8. The van der Waals surface area contributed by atoms with Crippen molar-refractivity contribution in [2.45, 2.75) is 270 Å². The summed E-state index contributed by atoms with van der Waals surface area (Å²) in [5.41, 5.74) is 0. The van der Waals surface area contributed by atoms with Crippen molar-refractivity contribution < 1.29 is 24.5 Å². The van der Waals surface area contributed by atoms with Gasteiger partial charge in [-0.15, -0.1) is 0 Å². The van der Waals surface area contributed by atoms with Crippen molar-refractivity contribution in [1.82, 2.24) is 5.32 Å². The van der Waals surface area contributed by atoms with Gasteiger partial charge < -0.3 is 20.3 Å². The lowest BCUT2D eigenvalue weighted by Gasteiger charge is -2.22. The molecular weight excluding hydrogens is 671 g/mol. The van der Waals surface area contributed by atoms with Gasteiger partial charge >= 0.3 is 5.97 Å². The van der Waals surface area contributed by atoms with Crippen LogP contribution in [0.3, 0.4) is 0 Å². The van der Waals surface area contributed by atoms with E-state index in [0.29, 0.717) is 25.9 Å². The molecule has 6 nitrogen and oxygen atoms in total. The molecule has 320 valence electrons. The molecule has 0 bridgehead atoms. The first-order valence-electron chi connectivity index (χ1n) is 23.9. The summed E-state index contributed by atoms with van der Waals surface area (Å²) in [5.74, 6) is -0.106. The summed E-state index contributed by atoms with van der Waals surface area (Å²) in [6, 6.07) is -0.564. The molecule has 0 rings (SSSR count). The van der Waals surface area contributed by atoms with Gasteiger partial charge in [-0.1, -0.05) is 206 Å². The maximum atomic E-state index is 12.4. The minimum Gasteiger partial charge on any atom is -0.466 e. The van der Waals surface area contributed by atoms with E-state index < -0.39 is 12.1 Å². The van der Waals surface area contributed by atoms with E-state index in [1.807, 2.05) is 0 Å². The first-order chi connectivity index (χ1) is 26.5.